The Morgan fingerprint density at radius 3 is 2.76 bits per heavy atom. The van der Waals surface area contributed by atoms with Gasteiger partial charge in [-0.3, -0.25) is 14.5 Å². The van der Waals surface area contributed by atoms with Crippen LogP contribution in [0.5, 0.6) is 0 Å². The van der Waals surface area contributed by atoms with Gasteiger partial charge >= 0.3 is 0 Å². The largest absolute Gasteiger partial charge is 0.368 e. The van der Waals surface area contributed by atoms with E-state index in [0.717, 1.165) is 32.4 Å². The summed E-state index contributed by atoms with van der Waals surface area (Å²) in [6.45, 7) is 4.03. The van der Waals surface area contributed by atoms with Crippen LogP contribution >= 0.6 is 11.3 Å². The second kappa shape index (κ2) is 7.56. The van der Waals surface area contributed by atoms with Crippen molar-refractivity contribution in [3.05, 3.63) is 22.4 Å². The Kier molecular flexibility index (Phi) is 5.76. The lowest BCUT2D eigenvalue weighted by atomic mass is 9.95. The first kappa shape index (κ1) is 16.0. The molecule has 1 aliphatic rings. The fourth-order valence-electron chi connectivity index (χ4n) is 2.64. The van der Waals surface area contributed by atoms with Crippen LogP contribution in [-0.4, -0.2) is 42.4 Å². The third kappa shape index (κ3) is 4.54. The van der Waals surface area contributed by atoms with E-state index >= 15 is 0 Å². The molecule has 1 unspecified atom stereocenters. The maximum absolute atomic E-state index is 12.1. The molecule has 21 heavy (non-hydrogen) atoms. The number of primary amides is 1. The average molecular weight is 309 g/mol. The van der Waals surface area contributed by atoms with E-state index in [1.54, 1.807) is 11.3 Å². The fourth-order valence-corrected chi connectivity index (χ4v) is 3.35. The van der Waals surface area contributed by atoms with E-state index in [4.69, 9.17) is 5.73 Å². The van der Waals surface area contributed by atoms with Crippen LogP contribution in [0.15, 0.2) is 17.5 Å². The van der Waals surface area contributed by atoms with Crippen molar-refractivity contribution in [1.82, 2.24) is 10.2 Å². The maximum atomic E-state index is 12.1. The fraction of sp³-hybridized carbons (Fsp3) is 0.600. The molecule has 3 N–H and O–H groups in total. The summed E-state index contributed by atoms with van der Waals surface area (Å²) in [6.07, 6.45) is 2.48. The summed E-state index contributed by atoms with van der Waals surface area (Å²) in [6, 6.07) is 3.87. The first-order valence-electron chi connectivity index (χ1n) is 7.41. The molecular formula is C15H23N3O2S. The van der Waals surface area contributed by atoms with Crippen molar-refractivity contribution in [3.8, 4) is 0 Å². The molecule has 116 valence electrons. The monoisotopic (exact) mass is 309 g/mol. The van der Waals surface area contributed by atoms with Gasteiger partial charge in [-0.25, -0.2) is 0 Å². The van der Waals surface area contributed by atoms with Crippen LogP contribution in [0.3, 0.4) is 0 Å². The van der Waals surface area contributed by atoms with Crippen LogP contribution in [0, 0.1) is 5.92 Å². The van der Waals surface area contributed by atoms with Crippen LogP contribution in [-0.2, 0) is 16.0 Å². The molecule has 1 aromatic rings. The molecule has 1 aliphatic heterocycles. The lowest BCUT2D eigenvalue weighted by molar-refractivity contribution is -0.127. The third-order valence-corrected chi connectivity index (χ3v) is 5.05. The summed E-state index contributed by atoms with van der Waals surface area (Å²) in [7, 11) is 0. The van der Waals surface area contributed by atoms with E-state index in [2.05, 4.69) is 16.3 Å². The van der Waals surface area contributed by atoms with Gasteiger partial charge in [0.25, 0.3) is 0 Å². The third-order valence-electron chi connectivity index (χ3n) is 4.11. The molecular weight excluding hydrogens is 286 g/mol. The smallest absolute Gasteiger partial charge is 0.234 e. The molecule has 1 fully saturated rings. The quantitative estimate of drug-likeness (QED) is 0.823. The van der Waals surface area contributed by atoms with Gasteiger partial charge in [0.1, 0.15) is 0 Å². The molecule has 2 heterocycles. The Hall–Kier alpha value is -1.40. The molecule has 0 saturated carbocycles. The number of piperidine rings is 1. The Bertz CT molecular complexity index is 467. The predicted octanol–water partition coefficient (Wildman–Crippen LogP) is 0.993. The molecule has 0 radical (unpaired) electrons. The minimum atomic E-state index is -0.297. The number of hydrogen-bond acceptors (Lipinski definition) is 4. The number of carbonyl (C=O) groups is 2. The van der Waals surface area contributed by atoms with Gasteiger partial charge in [-0.2, -0.15) is 0 Å². The van der Waals surface area contributed by atoms with E-state index in [1.807, 2.05) is 18.4 Å². The van der Waals surface area contributed by atoms with Crippen molar-refractivity contribution in [2.75, 3.05) is 19.6 Å². The number of carbonyl (C=O) groups excluding carboxylic acids is 2. The second-order valence-electron chi connectivity index (χ2n) is 5.51. The van der Waals surface area contributed by atoms with E-state index in [1.165, 1.54) is 4.88 Å². The van der Waals surface area contributed by atoms with Crippen molar-refractivity contribution in [3.63, 3.8) is 0 Å². The topological polar surface area (TPSA) is 75.4 Å². The van der Waals surface area contributed by atoms with Crippen LogP contribution in [0.25, 0.3) is 0 Å². The molecule has 2 rings (SSSR count). The zero-order chi connectivity index (χ0) is 15.2. The van der Waals surface area contributed by atoms with Gasteiger partial charge in [0, 0.05) is 17.3 Å². The van der Waals surface area contributed by atoms with E-state index < -0.39 is 0 Å². The highest BCUT2D eigenvalue weighted by Gasteiger charge is 2.28. The highest BCUT2D eigenvalue weighted by atomic mass is 32.1. The first-order valence-corrected chi connectivity index (χ1v) is 8.29. The standard InChI is InChI=1S/C15H23N3O2S/c1-11(14(16)19)18-8-5-12(6-9-18)15(20)17-7-4-13-3-2-10-21-13/h2-3,10-12H,4-9H2,1H3,(H2,16,19)(H,17,20). The van der Waals surface area contributed by atoms with Crippen molar-refractivity contribution < 1.29 is 9.59 Å². The zero-order valence-electron chi connectivity index (χ0n) is 12.4. The summed E-state index contributed by atoms with van der Waals surface area (Å²) in [4.78, 5) is 26.6. The zero-order valence-corrected chi connectivity index (χ0v) is 13.2. The van der Waals surface area contributed by atoms with E-state index in [-0.39, 0.29) is 23.8 Å². The highest BCUT2D eigenvalue weighted by molar-refractivity contribution is 7.09. The summed E-state index contributed by atoms with van der Waals surface area (Å²) in [5.74, 6) is -0.101. The molecule has 0 bridgehead atoms. The minimum Gasteiger partial charge on any atom is -0.368 e. The normalized spacial score (nSPS) is 18.3. The van der Waals surface area contributed by atoms with Gasteiger partial charge in [-0.1, -0.05) is 6.07 Å². The number of amides is 2. The average Bonchev–Trinajstić information content (AvgIpc) is 2.99. The molecule has 5 nitrogen and oxygen atoms in total. The minimum absolute atomic E-state index is 0.0599. The predicted molar refractivity (Wildman–Crippen MR) is 84.0 cm³/mol. The Morgan fingerprint density at radius 1 is 1.48 bits per heavy atom. The number of thiophene rings is 1. The molecule has 2 amide bonds. The number of rotatable bonds is 6. The lowest BCUT2D eigenvalue weighted by Crippen LogP contribution is -2.48. The van der Waals surface area contributed by atoms with Gasteiger partial charge in [-0.15, -0.1) is 11.3 Å². The summed E-state index contributed by atoms with van der Waals surface area (Å²) >= 11 is 1.71. The van der Waals surface area contributed by atoms with Crippen molar-refractivity contribution in [1.29, 1.82) is 0 Å². The van der Waals surface area contributed by atoms with Gasteiger partial charge in [0.15, 0.2) is 0 Å². The number of likely N-dealkylation sites (tertiary alicyclic amines) is 1. The SMILES string of the molecule is CC(C(N)=O)N1CCC(C(=O)NCCc2cccs2)CC1. The second-order valence-corrected chi connectivity index (χ2v) is 6.54. The van der Waals surface area contributed by atoms with Crippen LogP contribution in [0.1, 0.15) is 24.6 Å². The molecule has 0 aliphatic carbocycles. The Morgan fingerprint density at radius 2 is 2.19 bits per heavy atom. The van der Waals surface area contributed by atoms with E-state index in [0.29, 0.717) is 6.54 Å². The van der Waals surface area contributed by atoms with Crippen molar-refractivity contribution in [2.45, 2.75) is 32.2 Å². The molecule has 0 spiro atoms. The molecule has 1 atom stereocenters. The van der Waals surface area contributed by atoms with Gasteiger partial charge in [0.05, 0.1) is 6.04 Å². The molecule has 1 aromatic heterocycles. The number of hydrogen-bond donors (Lipinski definition) is 2. The maximum Gasteiger partial charge on any atom is 0.234 e. The van der Waals surface area contributed by atoms with Gasteiger partial charge in [0.2, 0.25) is 11.8 Å². The van der Waals surface area contributed by atoms with Crippen LogP contribution in [0.2, 0.25) is 0 Å². The molecule has 1 saturated heterocycles. The number of nitrogens with one attached hydrogen (secondary N) is 1. The number of nitrogens with two attached hydrogens (primary N) is 1. The van der Waals surface area contributed by atoms with Crippen LogP contribution < -0.4 is 11.1 Å². The molecule has 6 heteroatoms. The first-order chi connectivity index (χ1) is 10.1. The van der Waals surface area contributed by atoms with Gasteiger partial charge in [-0.05, 0) is 50.7 Å². The van der Waals surface area contributed by atoms with E-state index in [9.17, 15) is 9.59 Å². The summed E-state index contributed by atoms with van der Waals surface area (Å²) < 4.78 is 0. The van der Waals surface area contributed by atoms with Gasteiger partial charge < -0.3 is 11.1 Å². The Labute approximate surface area is 129 Å². The Balaban J connectivity index is 1.69. The van der Waals surface area contributed by atoms with Crippen molar-refractivity contribution >= 4 is 23.2 Å². The number of nitrogens with zero attached hydrogens (tertiary/aromatic N) is 1. The molecule has 0 aromatic carbocycles. The lowest BCUT2D eigenvalue weighted by Gasteiger charge is -2.34. The summed E-state index contributed by atoms with van der Waals surface area (Å²) in [5.41, 5.74) is 5.31. The summed E-state index contributed by atoms with van der Waals surface area (Å²) in [5, 5.41) is 5.06. The van der Waals surface area contributed by atoms with Crippen molar-refractivity contribution in [2.24, 2.45) is 11.7 Å². The van der Waals surface area contributed by atoms with Crippen LogP contribution in [0.4, 0.5) is 0 Å². The highest BCUT2D eigenvalue weighted by Crippen LogP contribution is 2.19.